The number of hydrogen-bond donors (Lipinski definition) is 4. The van der Waals surface area contributed by atoms with Crippen LogP contribution in [0.15, 0.2) is 104 Å². The van der Waals surface area contributed by atoms with Crippen LogP contribution in [-0.4, -0.2) is 46.4 Å². The molecule has 0 fully saturated rings. The average molecular weight is 646 g/mol. The Hall–Kier alpha value is -5.97. The van der Waals surface area contributed by atoms with E-state index in [0.717, 1.165) is 22.7 Å². The molecule has 0 unspecified atom stereocenters. The maximum absolute atomic E-state index is 12.2. The van der Waals surface area contributed by atoms with Crippen LogP contribution in [0.5, 0.6) is 11.5 Å². The molecular weight excluding hydrogens is 606 g/mol. The second kappa shape index (κ2) is 13.4. The normalized spacial score (nSPS) is 11.5. The van der Waals surface area contributed by atoms with Gasteiger partial charge in [0.25, 0.3) is 11.8 Å². The number of carbonyl (C=O) groups excluding carboxylic acids is 2. The maximum Gasteiger partial charge on any atom is 0.255 e. The number of hydrogen-bond acceptors (Lipinski definition) is 7. The van der Waals surface area contributed by atoms with E-state index in [4.69, 9.17) is 0 Å². The summed E-state index contributed by atoms with van der Waals surface area (Å²) in [4.78, 5) is 29.0. The fraction of sp³-hybridized carbons (Fsp3) is 0.216. The number of rotatable bonds is 5. The molecule has 3 aromatic heterocycles. The van der Waals surface area contributed by atoms with Gasteiger partial charge in [-0.3, -0.25) is 9.59 Å². The number of phenolic OH excluding ortho intramolecular Hbond substituents is 2. The van der Waals surface area contributed by atoms with Crippen LogP contribution in [0.3, 0.4) is 0 Å². The number of benzene rings is 3. The molecule has 48 heavy (non-hydrogen) atoms. The maximum atomic E-state index is 12.2. The minimum absolute atomic E-state index is 0.0263. The number of phenols is 2. The highest BCUT2D eigenvalue weighted by Gasteiger charge is 2.19. The summed E-state index contributed by atoms with van der Waals surface area (Å²) in [6.07, 6.45) is 5.73. The highest BCUT2D eigenvalue weighted by molar-refractivity contribution is 6.05. The summed E-state index contributed by atoms with van der Waals surface area (Å²) in [5.74, 6) is -0.191. The first-order chi connectivity index (χ1) is 22.7. The molecule has 6 aromatic rings. The Bertz CT molecular complexity index is 2030. The fourth-order valence-electron chi connectivity index (χ4n) is 4.49. The number of anilines is 2. The molecule has 0 spiro atoms. The Labute approximate surface area is 278 Å². The number of aromatic hydroxyl groups is 2. The molecule has 3 heterocycles. The minimum Gasteiger partial charge on any atom is -0.508 e. The number of nitrogens with zero attached hydrogens (tertiary/aromatic N) is 5. The van der Waals surface area contributed by atoms with Crippen molar-refractivity contribution in [2.75, 3.05) is 10.6 Å². The summed E-state index contributed by atoms with van der Waals surface area (Å²) < 4.78 is 3.62. The molecule has 0 saturated carbocycles. The van der Waals surface area contributed by atoms with E-state index in [1.54, 1.807) is 28.9 Å². The fourth-order valence-corrected chi connectivity index (χ4v) is 4.49. The van der Waals surface area contributed by atoms with Gasteiger partial charge in [-0.2, -0.15) is 0 Å². The van der Waals surface area contributed by atoms with Gasteiger partial charge in [0, 0.05) is 40.0 Å². The number of fused-ring (bicyclic) bond motifs is 1. The number of aromatic nitrogens is 5. The summed E-state index contributed by atoms with van der Waals surface area (Å²) in [6.45, 7) is 12.6. The summed E-state index contributed by atoms with van der Waals surface area (Å²) in [5.41, 5.74) is 5.88. The van der Waals surface area contributed by atoms with Crippen molar-refractivity contribution < 1.29 is 19.8 Å². The van der Waals surface area contributed by atoms with Crippen LogP contribution >= 0.6 is 0 Å². The summed E-state index contributed by atoms with van der Waals surface area (Å²) in [6, 6.07) is 23.3. The molecule has 0 aliphatic carbocycles. The van der Waals surface area contributed by atoms with Gasteiger partial charge in [-0.15, -0.1) is 5.10 Å². The van der Waals surface area contributed by atoms with Crippen molar-refractivity contribution in [2.24, 2.45) is 0 Å². The first kappa shape index (κ1) is 33.4. The lowest BCUT2D eigenvalue weighted by molar-refractivity contribution is 0.101. The Morgan fingerprint density at radius 2 is 1.10 bits per heavy atom. The van der Waals surface area contributed by atoms with Gasteiger partial charge in [-0.25, -0.2) is 9.67 Å². The Kier molecular flexibility index (Phi) is 9.33. The smallest absolute Gasteiger partial charge is 0.255 e. The summed E-state index contributed by atoms with van der Waals surface area (Å²) >= 11 is 0. The molecule has 4 N–H and O–H groups in total. The van der Waals surface area contributed by atoms with Gasteiger partial charge in [0.1, 0.15) is 17.1 Å². The molecule has 0 atom stereocenters. The monoisotopic (exact) mass is 645 g/mol. The average Bonchev–Trinajstić information content (AvgIpc) is 3.71. The molecule has 0 saturated heterocycles. The van der Waals surface area contributed by atoms with E-state index in [2.05, 4.69) is 67.5 Å². The lowest BCUT2D eigenvalue weighted by atomic mass is 9.93. The van der Waals surface area contributed by atoms with Crippen molar-refractivity contribution in [3.05, 3.63) is 126 Å². The zero-order valence-electron chi connectivity index (χ0n) is 27.8. The minimum atomic E-state index is -0.233. The largest absolute Gasteiger partial charge is 0.508 e. The van der Waals surface area contributed by atoms with E-state index in [1.165, 1.54) is 24.3 Å². The van der Waals surface area contributed by atoms with Gasteiger partial charge in [0.05, 0.1) is 29.0 Å². The first-order valence-electron chi connectivity index (χ1n) is 15.4. The van der Waals surface area contributed by atoms with E-state index >= 15 is 0 Å². The molecular formula is C37H39N7O4. The number of nitrogens with one attached hydrogen (secondary N) is 2. The van der Waals surface area contributed by atoms with Crippen LogP contribution in [-0.2, 0) is 10.8 Å². The third-order valence-corrected chi connectivity index (χ3v) is 7.39. The zero-order chi connectivity index (χ0) is 34.6. The van der Waals surface area contributed by atoms with Crippen LogP contribution in [0.4, 0.5) is 11.4 Å². The molecule has 246 valence electrons. The molecule has 0 aliphatic heterocycles. The van der Waals surface area contributed by atoms with E-state index < -0.39 is 0 Å². The quantitative estimate of drug-likeness (QED) is 0.156. The SMILES string of the molecule is CC(C)(C)c1cn(-c2ccc(NC(=O)c3ccc(O)cc3)cc2)nn1.CC(C)(C)c1cn2cc(NC(=O)c3ccc(O)cc3)ccc2n1. The highest BCUT2D eigenvalue weighted by atomic mass is 16.3. The molecule has 11 heteroatoms. The Morgan fingerprint density at radius 3 is 1.60 bits per heavy atom. The van der Waals surface area contributed by atoms with Gasteiger partial charge in [0.15, 0.2) is 0 Å². The van der Waals surface area contributed by atoms with E-state index in [9.17, 15) is 19.8 Å². The summed E-state index contributed by atoms with van der Waals surface area (Å²) in [5, 5.41) is 32.6. The highest BCUT2D eigenvalue weighted by Crippen LogP contribution is 2.23. The van der Waals surface area contributed by atoms with Crippen molar-refractivity contribution in [3.8, 4) is 17.2 Å². The van der Waals surface area contributed by atoms with Gasteiger partial charge < -0.3 is 25.2 Å². The molecule has 0 radical (unpaired) electrons. The van der Waals surface area contributed by atoms with Crippen molar-refractivity contribution >= 4 is 28.8 Å². The molecule has 2 amide bonds. The van der Waals surface area contributed by atoms with Crippen molar-refractivity contribution in [1.82, 2.24) is 24.4 Å². The Morgan fingerprint density at radius 1 is 0.604 bits per heavy atom. The van der Waals surface area contributed by atoms with Gasteiger partial charge in [-0.05, 0) is 84.9 Å². The number of imidazole rings is 1. The molecule has 11 nitrogen and oxygen atoms in total. The molecule has 3 aromatic carbocycles. The molecule has 0 aliphatic rings. The second-order valence-electron chi connectivity index (χ2n) is 13.4. The third kappa shape index (κ3) is 8.24. The van der Waals surface area contributed by atoms with Crippen molar-refractivity contribution in [1.29, 1.82) is 0 Å². The number of carbonyl (C=O) groups is 2. The van der Waals surface area contributed by atoms with Gasteiger partial charge >= 0.3 is 0 Å². The number of amides is 2. The lowest BCUT2D eigenvalue weighted by Gasteiger charge is -2.13. The first-order valence-corrected chi connectivity index (χ1v) is 15.4. The standard InChI is InChI=1S/C19H20N4O2.C18H19N3O2/c1-19(2,3)17-12-23(22-21-17)15-8-6-14(7-9-15)20-18(25)13-4-10-16(24)11-5-13;1-18(2,3)15-11-21-10-13(6-9-16(21)20-15)19-17(23)12-4-7-14(22)8-5-12/h4-12,24H,1-3H3,(H,20,25);4-11,22H,1-3H3,(H,19,23). The predicted octanol–water partition coefficient (Wildman–Crippen LogP) is 7.11. The van der Waals surface area contributed by atoms with E-state index in [-0.39, 0.29) is 34.1 Å². The topological polar surface area (TPSA) is 147 Å². The van der Waals surface area contributed by atoms with E-state index in [1.807, 2.05) is 59.4 Å². The van der Waals surface area contributed by atoms with Crippen LogP contribution in [0.2, 0.25) is 0 Å². The van der Waals surface area contributed by atoms with Crippen LogP contribution in [0.25, 0.3) is 11.3 Å². The van der Waals surface area contributed by atoms with Crippen molar-refractivity contribution in [2.45, 2.75) is 52.4 Å². The van der Waals surface area contributed by atoms with E-state index in [0.29, 0.717) is 22.5 Å². The lowest BCUT2D eigenvalue weighted by Crippen LogP contribution is -2.12. The zero-order valence-corrected chi connectivity index (χ0v) is 27.8. The summed E-state index contributed by atoms with van der Waals surface area (Å²) in [7, 11) is 0. The van der Waals surface area contributed by atoms with Crippen LogP contribution < -0.4 is 10.6 Å². The van der Waals surface area contributed by atoms with Crippen LogP contribution in [0, 0.1) is 0 Å². The van der Waals surface area contributed by atoms with Crippen LogP contribution in [0.1, 0.15) is 73.6 Å². The number of pyridine rings is 1. The molecule has 6 rings (SSSR count). The third-order valence-electron chi connectivity index (χ3n) is 7.39. The predicted molar refractivity (Wildman–Crippen MR) is 186 cm³/mol. The van der Waals surface area contributed by atoms with Crippen molar-refractivity contribution in [3.63, 3.8) is 0 Å². The molecule has 0 bridgehead atoms. The van der Waals surface area contributed by atoms with Gasteiger partial charge in [0.2, 0.25) is 0 Å². The second-order valence-corrected chi connectivity index (χ2v) is 13.4. The Balaban J connectivity index is 0.000000188. The van der Waals surface area contributed by atoms with Gasteiger partial charge in [-0.1, -0.05) is 46.8 Å².